The van der Waals surface area contributed by atoms with Crippen LogP contribution in [-0.4, -0.2) is 24.5 Å². The molecule has 0 saturated heterocycles. The third kappa shape index (κ3) is 6.34. The molecule has 1 N–H and O–H groups in total. The molecule has 0 aliphatic heterocycles. The van der Waals surface area contributed by atoms with Crippen molar-refractivity contribution in [3.05, 3.63) is 0 Å². The highest BCUT2D eigenvalue weighted by molar-refractivity contribution is 5.81. The van der Waals surface area contributed by atoms with Crippen LogP contribution in [0.5, 0.6) is 0 Å². The van der Waals surface area contributed by atoms with E-state index in [1.54, 1.807) is 0 Å². The molecule has 4 nitrogen and oxygen atoms in total. The maximum Gasteiger partial charge on any atom is 0.220 e. The van der Waals surface area contributed by atoms with Gasteiger partial charge in [0.25, 0.3) is 0 Å². The Hall–Kier alpha value is -1.19. The van der Waals surface area contributed by atoms with Crippen molar-refractivity contribution in [1.82, 2.24) is 5.32 Å². The number of amides is 1. The molecule has 0 aromatic carbocycles. The van der Waals surface area contributed by atoms with Crippen molar-refractivity contribution in [1.29, 1.82) is 0 Å². The predicted molar refractivity (Wildman–Crippen MR) is 52.7 cm³/mol. The molecule has 0 aliphatic rings. The van der Waals surface area contributed by atoms with Crippen molar-refractivity contribution in [2.75, 3.05) is 0 Å². The first-order valence-electron chi connectivity index (χ1n) is 4.78. The second kappa shape index (κ2) is 7.24. The highest BCUT2D eigenvalue weighted by Gasteiger charge is 2.12. The standard InChI is InChI=1S/C10H17NO3/c1-8(2)6-9(7-13)11-10(14)4-3-5-12/h5,7-9H,3-4,6H2,1-2H3,(H,11,14). The molecule has 0 aliphatic carbocycles. The minimum atomic E-state index is -0.422. The number of aldehydes is 2. The van der Waals surface area contributed by atoms with Crippen LogP contribution >= 0.6 is 0 Å². The maximum absolute atomic E-state index is 11.1. The molecule has 1 unspecified atom stereocenters. The monoisotopic (exact) mass is 199 g/mol. The molecular formula is C10H17NO3. The van der Waals surface area contributed by atoms with E-state index in [2.05, 4.69) is 5.32 Å². The maximum atomic E-state index is 11.1. The summed E-state index contributed by atoms with van der Waals surface area (Å²) in [5, 5.41) is 2.57. The normalized spacial score (nSPS) is 12.2. The van der Waals surface area contributed by atoms with Crippen LogP contribution in [0.25, 0.3) is 0 Å². The van der Waals surface area contributed by atoms with E-state index < -0.39 is 6.04 Å². The van der Waals surface area contributed by atoms with Gasteiger partial charge >= 0.3 is 0 Å². The zero-order valence-corrected chi connectivity index (χ0v) is 8.66. The van der Waals surface area contributed by atoms with Gasteiger partial charge in [0.2, 0.25) is 5.91 Å². The molecule has 4 heteroatoms. The minimum absolute atomic E-state index is 0.159. The number of hydrogen-bond donors (Lipinski definition) is 1. The summed E-state index contributed by atoms with van der Waals surface area (Å²) in [6.07, 6.45) is 2.43. The Labute approximate surface area is 84.1 Å². The zero-order valence-electron chi connectivity index (χ0n) is 8.66. The summed E-state index contributed by atoms with van der Waals surface area (Å²) < 4.78 is 0. The van der Waals surface area contributed by atoms with Crippen LogP contribution in [0.2, 0.25) is 0 Å². The van der Waals surface area contributed by atoms with Gasteiger partial charge in [-0.1, -0.05) is 13.8 Å². The SMILES string of the molecule is CC(C)CC(C=O)NC(=O)CCC=O. The van der Waals surface area contributed by atoms with Gasteiger partial charge in [0.15, 0.2) is 0 Å². The molecule has 0 aromatic heterocycles. The van der Waals surface area contributed by atoms with Crippen LogP contribution in [0.3, 0.4) is 0 Å². The van der Waals surface area contributed by atoms with Gasteiger partial charge in [-0.3, -0.25) is 4.79 Å². The summed E-state index contributed by atoms with van der Waals surface area (Å²) in [5.41, 5.74) is 0. The molecule has 0 saturated carbocycles. The van der Waals surface area contributed by atoms with Gasteiger partial charge < -0.3 is 14.9 Å². The topological polar surface area (TPSA) is 63.2 Å². The smallest absolute Gasteiger partial charge is 0.220 e. The van der Waals surface area contributed by atoms with Crippen LogP contribution in [0.1, 0.15) is 33.1 Å². The fraction of sp³-hybridized carbons (Fsp3) is 0.700. The Morgan fingerprint density at radius 2 is 2.00 bits per heavy atom. The lowest BCUT2D eigenvalue weighted by atomic mass is 10.0. The van der Waals surface area contributed by atoms with E-state index in [0.29, 0.717) is 18.6 Å². The zero-order chi connectivity index (χ0) is 11.0. The van der Waals surface area contributed by atoms with Gasteiger partial charge in [-0.2, -0.15) is 0 Å². The average Bonchev–Trinajstić information content (AvgIpc) is 2.12. The van der Waals surface area contributed by atoms with Gasteiger partial charge in [-0.25, -0.2) is 0 Å². The number of hydrogen-bond acceptors (Lipinski definition) is 3. The first kappa shape index (κ1) is 12.8. The van der Waals surface area contributed by atoms with E-state index in [4.69, 9.17) is 0 Å². The molecule has 1 amide bonds. The highest BCUT2D eigenvalue weighted by Crippen LogP contribution is 2.03. The van der Waals surface area contributed by atoms with Gasteiger partial charge in [-0.15, -0.1) is 0 Å². The summed E-state index contributed by atoms with van der Waals surface area (Å²) >= 11 is 0. The average molecular weight is 199 g/mol. The van der Waals surface area contributed by atoms with E-state index >= 15 is 0 Å². The van der Waals surface area contributed by atoms with Crippen LogP contribution < -0.4 is 5.32 Å². The fourth-order valence-corrected chi connectivity index (χ4v) is 1.13. The van der Waals surface area contributed by atoms with Gasteiger partial charge in [-0.05, 0) is 12.3 Å². The molecule has 0 aromatic rings. The van der Waals surface area contributed by atoms with E-state index in [1.807, 2.05) is 13.8 Å². The van der Waals surface area contributed by atoms with E-state index in [1.165, 1.54) is 0 Å². The van der Waals surface area contributed by atoms with Crippen molar-refractivity contribution in [3.63, 3.8) is 0 Å². The first-order chi connectivity index (χ1) is 6.60. The highest BCUT2D eigenvalue weighted by atomic mass is 16.2. The fourth-order valence-electron chi connectivity index (χ4n) is 1.13. The van der Waals surface area contributed by atoms with Crippen molar-refractivity contribution in [2.24, 2.45) is 5.92 Å². The Morgan fingerprint density at radius 3 is 2.43 bits per heavy atom. The Kier molecular flexibility index (Phi) is 6.62. The van der Waals surface area contributed by atoms with Crippen molar-refractivity contribution < 1.29 is 14.4 Å². The third-order valence-corrected chi connectivity index (χ3v) is 1.73. The second-order valence-electron chi connectivity index (χ2n) is 3.64. The van der Waals surface area contributed by atoms with Crippen LogP contribution in [-0.2, 0) is 14.4 Å². The van der Waals surface area contributed by atoms with E-state index in [-0.39, 0.29) is 18.7 Å². The van der Waals surface area contributed by atoms with Gasteiger partial charge in [0, 0.05) is 12.8 Å². The summed E-state index contributed by atoms with van der Waals surface area (Å²) in [7, 11) is 0. The lowest BCUT2D eigenvalue weighted by molar-refractivity contribution is -0.125. The van der Waals surface area contributed by atoms with Crippen LogP contribution in [0, 0.1) is 5.92 Å². The van der Waals surface area contributed by atoms with Crippen LogP contribution in [0.4, 0.5) is 0 Å². The second-order valence-corrected chi connectivity index (χ2v) is 3.64. The number of carbonyl (C=O) groups excluding carboxylic acids is 3. The molecule has 14 heavy (non-hydrogen) atoms. The number of carbonyl (C=O) groups is 3. The summed E-state index contributed by atoms with van der Waals surface area (Å²) in [4.78, 5) is 31.7. The van der Waals surface area contributed by atoms with Crippen molar-refractivity contribution in [3.8, 4) is 0 Å². The molecule has 80 valence electrons. The largest absolute Gasteiger partial charge is 0.347 e. The molecule has 0 spiro atoms. The summed E-state index contributed by atoms with van der Waals surface area (Å²) in [5.74, 6) is 0.117. The summed E-state index contributed by atoms with van der Waals surface area (Å²) in [6.45, 7) is 3.96. The molecular weight excluding hydrogens is 182 g/mol. The Bertz CT molecular complexity index is 202. The first-order valence-corrected chi connectivity index (χ1v) is 4.78. The summed E-state index contributed by atoms with van der Waals surface area (Å²) in [6, 6.07) is -0.422. The van der Waals surface area contributed by atoms with E-state index in [0.717, 1.165) is 6.29 Å². The Balaban J connectivity index is 3.85. The van der Waals surface area contributed by atoms with Gasteiger partial charge in [0.05, 0.1) is 6.04 Å². The third-order valence-electron chi connectivity index (χ3n) is 1.73. The van der Waals surface area contributed by atoms with Crippen LogP contribution in [0.15, 0.2) is 0 Å². The molecule has 1 atom stereocenters. The predicted octanol–water partition coefficient (Wildman–Crippen LogP) is 0.695. The molecule has 0 bridgehead atoms. The van der Waals surface area contributed by atoms with E-state index in [9.17, 15) is 14.4 Å². The lowest BCUT2D eigenvalue weighted by Crippen LogP contribution is -2.36. The molecule has 0 rings (SSSR count). The number of nitrogens with one attached hydrogen (secondary N) is 1. The van der Waals surface area contributed by atoms with Crippen molar-refractivity contribution in [2.45, 2.75) is 39.2 Å². The lowest BCUT2D eigenvalue weighted by Gasteiger charge is -2.14. The number of rotatable bonds is 7. The molecule has 0 heterocycles. The molecule has 0 radical (unpaired) electrons. The van der Waals surface area contributed by atoms with Gasteiger partial charge in [0.1, 0.15) is 12.6 Å². The molecule has 0 fully saturated rings. The Morgan fingerprint density at radius 1 is 1.36 bits per heavy atom. The van der Waals surface area contributed by atoms with Crippen molar-refractivity contribution >= 4 is 18.5 Å². The quantitative estimate of drug-likeness (QED) is 0.614. The minimum Gasteiger partial charge on any atom is -0.347 e.